The number of amides is 2. The summed E-state index contributed by atoms with van der Waals surface area (Å²) < 4.78 is 0. The van der Waals surface area contributed by atoms with E-state index >= 15 is 0 Å². The van der Waals surface area contributed by atoms with Crippen LogP contribution >= 0.6 is 11.6 Å². The van der Waals surface area contributed by atoms with Crippen LogP contribution in [0.25, 0.3) is 11.0 Å². The molecule has 3 heterocycles. The molecule has 150 valence electrons. The molecule has 2 aromatic carbocycles. The van der Waals surface area contributed by atoms with Gasteiger partial charge in [-0.2, -0.15) is 0 Å². The molecule has 0 atom stereocenters. The molecule has 0 radical (unpaired) electrons. The van der Waals surface area contributed by atoms with E-state index in [-0.39, 0.29) is 6.03 Å². The number of nitrogens with one attached hydrogen (secondary N) is 3. The number of anilines is 3. The predicted octanol–water partition coefficient (Wildman–Crippen LogP) is 5.42. The number of aromatic amines is 1. The zero-order valence-corrected chi connectivity index (χ0v) is 16.9. The van der Waals surface area contributed by atoms with Gasteiger partial charge in [0.05, 0.1) is 10.7 Å². The summed E-state index contributed by atoms with van der Waals surface area (Å²) in [5.41, 5.74) is 5.80. The first kappa shape index (κ1) is 18.5. The number of hydrogen-bond acceptors (Lipinski definition) is 3. The van der Waals surface area contributed by atoms with E-state index in [1.54, 1.807) is 18.3 Å². The van der Waals surface area contributed by atoms with E-state index < -0.39 is 0 Å². The standard InChI is InChI=1S/C23H20ClN5O/c24-18-6-1-2-7-20(18)28-23(30)27-19-8-3-9-21-17(19)10-12-29(21)14-15-13-26-22-16(15)5-4-11-25-22/h1-9,11,13H,10,12,14H2,(H,25,26)(H2,27,28,30). The van der Waals surface area contributed by atoms with Crippen molar-refractivity contribution >= 4 is 45.7 Å². The summed E-state index contributed by atoms with van der Waals surface area (Å²) in [5, 5.41) is 7.43. The number of urea groups is 1. The number of carbonyl (C=O) groups is 1. The first-order valence-corrected chi connectivity index (χ1v) is 10.2. The van der Waals surface area contributed by atoms with E-state index in [0.29, 0.717) is 10.7 Å². The van der Waals surface area contributed by atoms with Crippen LogP contribution in [0.1, 0.15) is 11.1 Å². The third kappa shape index (κ3) is 3.46. The lowest BCUT2D eigenvalue weighted by Crippen LogP contribution is -2.20. The fourth-order valence-electron chi connectivity index (χ4n) is 3.97. The lowest BCUT2D eigenvalue weighted by molar-refractivity contribution is 0.262. The van der Waals surface area contributed by atoms with Crippen molar-refractivity contribution in [2.75, 3.05) is 22.1 Å². The summed E-state index contributed by atoms with van der Waals surface area (Å²) in [6, 6.07) is 16.9. The smallest absolute Gasteiger partial charge is 0.323 e. The fourth-order valence-corrected chi connectivity index (χ4v) is 4.15. The molecule has 30 heavy (non-hydrogen) atoms. The SMILES string of the molecule is O=C(Nc1ccccc1Cl)Nc1cccc2c1CCN2Cc1c[nH]c2ncccc12. The summed E-state index contributed by atoms with van der Waals surface area (Å²) >= 11 is 6.14. The lowest BCUT2D eigenvalue weighted by Gasteiger charge is -2.19. The molecular formula is C23H20ClN5O. The molecule has 5 rings (SSSR count). The predicted molar refractivity (Wildman–Crippen MR) is 121 cm³/mol. The summed E-state index contributed by atoms with van der Waals surface area (Å²) in [4.78, 5) is 22.5. The van der Waals surface area contributed by atoms with Crippen LogP contribution in [0.4, 0.5) is 21.9 Å². The molecule has 6 nitrogen and oxygen atoms in total. The van der Waals surface area contributed by atoms with E-state index in [9.17, 15) is 4.79 Å². The Morgan fingerprint density at radius 1 is 1.07 bits per heavy atom. The maximum atomic E-state index is 12.5. The van der Waals surface area contributed by atoms with Gasteiger partial charge in [-0.1, -0.05) is 29.8 Å². The molecule has 7 heteroatoms. The Labute approximate surface area is 178 Å². The number of nitrogens with zero attached hydrogens (tertiary/aromatic N) is 2. The van der Waals surface area contributed by atoms with Crippen molar-refractivity contribution in [3.63, 3.8) is 0 Å². The van der Waals surface area contributed by atoms with Crippen LogP contribution in [-0.2, 0) is 13.0 Å². The van der Waals surface area contributed by atoms with Gasteiger partial charge in [0, 0.05) is 47.8 Å². The van der Waals surface area contributed by atoms with Gasteiger partial charge in [0.25, 0.3) is 0 Å². The van der Waals surface area contributed by atoms with Crippen molar-refractivity contribution in [1.29, 1.82) is 0 Å². The fraction of sp³-hybridized carbons (Fsp3) is 0.130. The number of rotatable bonds is 4. The van der Waals surface area contributed by atoms with Gasteiger partial charge in [-0.05, 0) is 48.4 Å². The van der Waals surface area contributed by atoms with Crippen molar-refractivity contribution in [2.45, 2.75) is 13.0 Å². The molecule has 4 aromatic rings. The first-order valence-electron chi connectivity index (χ1n) is 9.79. The van der Waals surface area contributed by atoms with Crippen LogP contribution in [0, 0.1) is 0 Å². The number of halogens is 1. The molecule has 0 aliphatic carbocycles. The number of carbonyl (C=O) groups excluding carboxylic acids is 1. The molecule has 0 spiro atoms. The summed E-state index contributed by atoms with van der Waals surface area (Å²) in [7, 11) is 0. The Bertz CT molecular complexity index is 1240. The van der Waals surface area contributed by atoms with Crippen molar-refractivity contribution in [1.82, 2.24) is 9.97 Å². The van der Waals surface area contributed by atoms with E-state index in [2.05, 4.69) is 37.6 Å². The Kier molecular flexibility index (Phi) is 4.77. The number of H-pyrrole nitrogens is 1. The van der Waals surface area contributed by atoms with E-state index in [1.807, 2.05) is 36.5 Å². The average molecular weight is 418 g/mol. The van der Waals surface area contributed by atoms with Crippen LogP contribution in [0.3, 0.4) is 0 Å². The topological polar surface area (TPSA) is 73.1 Å². The van der Waals surface area contributed by atoms with Gasteiger partial charge in [-0.15, -0.1) is 0 Å². The summed E-state index contributed by atoms with van der Waals surface area (Å²) in [6.45, 7) is 1.68. The van der Waals surface area contributed by atoms with E-state index in [4.69, 9.17) is 11.6 Å². The molecule has 2 amide bonds. The molecule has 0 saturated carbocycles. The highest BCUT2D eigenvalue weighted by molar-refractivity contribution is 6.33. The molecule has 0 unspecified atom stereocenters. The van der Waals surface area contributed by atoms with Gasteiger partial charge >= 0.3 is 6.03 Å². The van der Waals surface area contributed by atoms with Crippen LogP contribution in [-0.4, -0.2) is 22.5 Å². The minimum Gasteiger partial charge on any atom is -0.367 e. The highest BCUT2D eigenvalue weighted by Gasteiger charge is 2.23. The number of aromatic nitrogens is 2. The lowest BCUT2D eigenvalue weighted by atomic mass is 10.1. The monoisotopic (exact) mass is 417 g/mol. The van der Waals surface area contributed by atoms with Crippen LogP contribution in [0.15, 0.2) is 67.0 Å². The van der Waals surface area contributed by atoms with Crippen molar-refractivity contribution in [3.05, 3.63) is 83.1 Å². The van der Waals surface area contributed by atoms with Crippen LogP contribution in [0.2, 0.25) is 5.02 Å². The number of hydrogen-bond donors (Lipinski definition) is 3. The summed E-state index contributed by atoms with van der Waals surface area (Å²) in [5.74, 6) is 0. The molecule has 0 fully saturated rings. The zero-order chi connectivity index (χ0) is 20.5. The number of pyridine rings is 1. The summed E-state index contributed by atoms with van der Waals surface area (Å²) in [6.07, 6.45) is 4.69. The Morgan fingerprint density at radius 2 is 1.90 bits per heavy atom. The van der Waals surface area contributed by atoms with Gasteiger partial charge in [0.15, 0.2) is 0 Å². The van der Waals surface area contributed by atoms with Crippen molar-refractivity contribution in [2.24, 2.45) is 0 Å². The Balaban J connectivity index is 1.34. The van der Waals surface area contributed by atoms with E-state index in [0.717, 1.165) is 47.5 Å². The van der Waals surface area contributed by atoms with Gasteiger partial charge in [0.2, 0.25) is 0 Å². The number of para-hydroxylation sites is 1. The highest BCUT2D eigenvalue weighted by atomic mass is 35.5. The number of benzene rings is 2. The quantitative estimate of drug-likeness (QED) is 0.415. The third-order valence-electron chi connectivity index (χ3n) is 5.39. The third-order valence-corrected chi connectivity index (χ3v) is 5.72. The molecule has 1 aliphatic rings. The Morgan fingerprint density at radius 3 is 2.80 bits per heavy atom. The van der Waals surface area contributed by atoms with Gasteiger partial charge in [-0.3, -0.25) is 0 Å². The second-order valence-corrected chi connectivity index (χ2v) is 7.65. The van der Waals surface area contributed by atoms with Crippen molar-refractivity contribution < 1.29 is 4.79 Å². The minimum absolute atomic E-state index is 0.308. The second kappa shape index (κ2) is 7.72. The second-order valence-electron chi connectivity index (χ2n) is 7.25. The molecule has 1 aliphatic heterocycles. The van der Waals surface area contributed by atoms with E-state index in [1.165, 1.54) is 5.56 Å². The first-order chi connectivity index (χ1) is 14.7. The van der Waals surface area contributed by atoms with Gasteiger partial charge < -0.3 is 20.5 Å². The van der Waals surface area contributed by atoms with Crippen molar-refractivity contribution in [3.8, 4) is 0 Å². The minimum atomic E-state index is -0.308. The molecular weight excluding hydrogens is 398 g/mol. The molecule has 2 aromatic heterocycles. The maximum Gasteiger partial charge on any atom is 0.323 e. The normalized spacial score (nSPS) is 12.8. The average Bonchev–Trinajstić information content (AvgIpc) is 3.35. The maximum absolute atomic E-state index is 12.5. The van der Waals surface area contributed by atoms with Crippen LogP contribution < -0.4 is 15.5 Å². The van der Waals surface area contributed by atoms with Crippen LogP contribution in [0.5, 0.6) is 0 Å². The highest BCUT2D eigenvalue weighted by Crippen LogP contribution is 2.35. The molecule has 3 N–H and O–H groups in total. The molecule has 0 bridgehead atoms. The zero-order valence-electron chi connectivity index (χ0n) is 16.2. The Hall–Kier alpha value is -3.51. The van der Waals surface area contributed by atoms with Gasteiger partial charge in [-0.25, -0.2) is 9.78 Å². The largest absolute Gasteiger partial charge is 0.367 e. The van der Waals surface area contributed by atoms with Gasteiger partial charge in [0.1, 0.15) is 5.65 Å². The number of fused-ring (bicyclic) bond motifs is 2. The molecule has 0 saturated heterocycles.